The molecule has 0 bridgehead atoms. The van der Waals surface area contributed by atoms with Crippen LogP contribution in [0.25, 0.3) is 0 Å². The molecule has 0 amide bonds. The summed E-state index contributed by atoms with van der Waals surface area (Å²) in [6.07, 6.45) is 1.55. The van der Waals surface area contributed by atoms with E-state index in [1.54, 1.807) is 12.1 Å². The molecular formula is C17H17ClN2O2S. The lowest BCUT2D eigenvalue weighted by Crippen LogP contribution is -2.39. The van der Waals surface area contributed by atoms with Crippen LogP contribution in [0.5, 0.6) is 0 Å². The van der Waals surface area contributed by atoms with Gasteiger partial charge in [-0.25, -0.2) is 13.1 Å². The van der Waals surface area contributed by atoms with Crippen LogP contribution < -0.4 is 10.0 Å². The number of halogens is 1. The van der Waals surface area contributed by atoms with Gasteiger partial charge in [0.15, 0.2) is 0 Å². The average molecular weight is 349 g/mol. The van der Waals surface area contributed by atoms with Crippen LogP contribution in [0.1, 0.15) is 23.5 Å². The van der Waals surface area contributed by atoms with Gasteiger partial charge >= 0.3 is 0 Å². The van der Waals surface area contributed by atoms with Crippen molar-refractivity contribution in [1.29, 1.82) is 0 Å². The molecule has 1 aliphatic heterocycles. The first-order valence-electron chi connectivity index (χ1n) is 7.66. The second-order valence-corrected chi connectivity index (χ2v) is 8.32. The highest BCUT2D eigenvalue weighted by atomic mass is 35.5. The van der Waals surface area contributed by atoms with E-state index in [0.29, 0.717) is 10.9 Å². The van der Waals surface area contributed by atoms with Gasteiger partial charge in [-0.2, -0.15) is 0 Å². The van der Waals surface area contributed by atoms with Gasteiger partial charge in [-0.15, -0.1) is 0 Å². The molecular weight excluding hydrogens is 332 g/mol. The zero-order chi connectivity index (χ0) is 16.0. The molecule has 1 heterocycles. The van der Waals surface area contributed by atoms with Crippen LogP contribution in [0.4, 0.5) is 5.69 Å². The Morgan fingerprint density at radius 3 is 2.70 bits per heavy atom. The number of nitrogens with one attached hydrogen (secondary N) is 2. The molecule has 2 unspecified atom stereocenters. The SMILES string of the molecule is O=S(=O)(NC1Cc2cccc3c2C(CN3)C1)c1ccc(Cl)cc1. The van der Waals surface area contributed by atoms with Gasteiger partial charge in [-0.1, -0.05) is 23.7 Å². The Kier molecular flexibility index (Phi) is 3.59. The maximum Gasteiger partial charge on any atom is 0.240 e. The molecule has 6 heteroatoms. The van der Waals surface area contributed by atoms with Gasteiger partial charge in [-0.05, 0) is 54.3 Å². The number of rotatable bonds is 3. The normalized spacial score (nSPS) is 22.5. The first kappa shape index (κ1) is 15.0. The van der Waals surface area contributed by atoms with E-state index in [0.717, 1.165) is 19.4 Å². The summed E-state index contributed by atoms with van der Waals surface area (Å²) < 4.78 is 28.0. The van der Waals surface area contributed by atoms with Crippen LogP contribution in [0.15, 0.2) is 47.4 Å². The maximum atomic E-state index is 12.6. The van der Waals surface area contributed by atoms with Crippen LogP contribution in [0.3, 0.4) is 0 Å². The number of benzene rings is 2. The highest BCUT2D eigenvalue weighted by Gasteiger charge is 2.34. The molecule has 23 heavy (non-hydrogen) atoms. The highest BCUT2D eigenvalue weighted by Crippen LogP contribution is 2.41. The van der Waals surface area contributed by atoms with E-state index >= 15 is 0 Å². The Morgan fingerprint density at radius 1 is 1.13 bits per heavy atom. The van der Waals surface area contributed by atoms with Crippen molar-refractivity contribution in [3.05, 3.63) is 58.6 Å². The quantitative estimate of drug-likeness (QED) is 0.895. The summed E-state index contributed by atoms with van der Waals surface area (Å²) in [4.78, 5) is 0.256. The molecule has 0 fully saturated rings. The lowest BCUT2D eigenvalue weighted by molar-refractivity contribution is 0.471. The number of hydrogen-bond acceptors (Lipinski definition) is 3. The molecule has 4 nitrogen and oxygen atoms in total. The summed E-state index contributed by atoms with van der Waals surface area (Å²) in [6.45, 7) is 0.880. The number of anilines is 1. The lowest BCUT2D eigenvalue weighted by Gasteiger charge is -2.28. The molecule has 0 radical (unpaired) electrons. The van der Waals surface area contributed by atoms with Crippen LogP contribution in [-0.2, 0) is 16.4 Å². The Bertz CT molecular complexity index is 849. The minimum absolute atomic E-state index is 0.0803. The monoisotopic (exact) mass is 348 g/mol. The molecule has 120 valence electrons. The molecule has 2 aromatic carbocycles. The molecule has 0 saturated carbocycles. The molecule has 2 N–H and O–H groups in total. The fraction of sp³-hybridized carbons (Fsp3) is 0.294. The van der Waals surface area contributed by atoms with Crippen molar-refractivity contribution < 1.29 is 8.42 Å². The molecule has 0 aromatic heterocycles. The van der Waals surface area contributed by atoms with Crippen molar-refractivity contribution in [1.82, 2.24) is 4.72 Å². The van der Waals surface area contributed by atoms with Crippen molar-refractivity contribution in [3.8, 4) is 0 Å². The van der Waals surface area contributed by atoms with Gasteiger partial charge in [0.25, 0.3) is 0 Å². The van der Waals surface area contributed by atoms with Crippen LogP contribution >= 0.6 is 11.6 Å². The van der Waals surface area contributed by atoms with Crippen LogP contribution in [0, 0.1) is 0 Å². The van der Waals surface area contributed by atoms with Gasteiger partial charge in [0.05, 0.1) is 4.90 Å². The molecule has 1 aliphatic carbocycles. The Labute approximate surface area is 140 Å². The van der Waals surface area contributed by atoms with E-state index in [4.69, 9.17) is 11.6 Å². The lowest BCUT2D eigenvalue weighted by atomic mass is 9.82. The number of hydrogen-bond donors (Lipinski definition) is 2. The summed E-state index contributed by atoms with van der Waals surface area (Å²) in [6, 6.07) is 12.4. The predicted octanol–water partition coefficient (Wildman–Crippen LogP) is 3.14. The van der Waals surface area contributed by atoms with E-state index in [9.17, 15) is 8.42 Å². The summed E-state index contributed by atoms with van der Waals surface area (Å²) in [5.74, 6) is 0.382. The maximum absolute atomic E-state index is 12.6. The van der Waals surface area contributed by atoms with Gasteiger partial charge in [-0.3, -0.25) is 0 Å². The largest absolute Gasteiger partial charge is 0.384 e. The van der Waals surface area contributed by atoms with Crippen LogP contribution in [0.2, 0.25) is 5.02 Å². The highest BCUT2D eigenvalue weighted by molar-refractivity contribution is 7.89. The van der Waals surface area contributed by atoms with E-state index in [1.165, 1.54) is 28.9 Å². The first-order chi connectivity index (χ1) is 11.0. The molecule has 4 rings (SSSR count). The van der Waals surface area contributed by atoms with E-state index in [-0.39, 0.29) is 10.9 Å². The fourth-order valence-corrected chi connectivity index (χ4v) is 5.02. The molecule has 0 saturated heterocycles. The Hall–Kier alpha value is -1.56. The topological polar surface area (TPSA) is 58.2 Å². The minimum atomic E-state index is -3.52. The van der Waals surface area contributed by atoms with Crippen molar-refractivity contribution in [3.63, 3.8) is 0 Å². The summed E-state index contributed by atoms with van der Waals surface area (Å²) >= 11 is 5.83. The molecule has 2 aliphatic rings. The second kappa shape index (κ2) is 5.51. The third-order valence-electron chi connectivity index (χ3n) is 4.62. The zero-order valence-corrected chi connectivity index (χ0v) is 14.0. The minimum Gasteiger partial charge on any atom is -0.384 e. The summed E-state index contributed by atoms with van der Waals surface area (Å²) in [7, 11) is -3.52. The molecule has 2 aromatic rings. The van der Waals surface area contributed by atoms with E-state index in [2.05, 4.69) is 22.2 Å². The van der Waals surface area contributed by atoms with Crippen molar-refractivity contribution in [2.24, 2.45) is 0 Å². The third-order valence-corrected chi connectivity index (χ3v) is 6.41. The predicted molar refractivity (Wildman–Crippen MR) is 91.6 cm³/mol. The third kappa shape index (κ3) is 2.73. The summed E-state index contributed by atoms with van der Waals surface area (Å²) in [5, 5.41) is 3.94. The van der Waals surface area contributed by atoms with Crippen molar-refractivity contribution >= 4 is 27.3 Å². The summed E-state index contributed by atoms with van der Waals surface area (Å²) in [5.41, 5.74) is 3.81. The average Bonchev–Trinajstić information content (AvgIpc) is 2.92. The standard InChI is InChI=1S/C17H17ClN2O2S/c18-13-4-6-15(7-5-13)23(21,22)20-14-8-11-2-1-3-16-17(11)12(9-14)10-19-16/h1-7,12,14,19-20H,8-10H2. The van der Waals surface area contributed by atoms with Gasteiger partial charge in [0, 0.05) is 29.2 Å². The first-order valence-corrected chi connectivity index (χ1v) is 9.52. The van der Waals surface area contributed by atoms with E-state index < -0.39 is 10.0 Å². The fourth-order valence-electron chi connectivity index (χ4n) is 3.65. The second-order valence-electron chi connectivity index (χ2n) is 6.17. The number of sulfonamides is 1. The van der Waals surface area contributed by atoms with Gasteiger partial charge in [0.1, 0.15) is 0 Å². The van der Waals surface area contributed by atoms with Crippen LogP contribution in [-0.4, -0.2) is 21.0 Å². The van der Waals surface area contributed by atoms with E-state index in [1.807, 2.05) is 6.07 Å². The van der Waals surface area contributed by atoms with Crippen molar-refractivity contribution in [2.45, 2.75) is 29.7 Å². The Morgan fingerprint density at radius 2 is 1.91 bits per heavy atom. The smallest absolute Gasteiger partial charge is 0.240 e. The van der Waals surface area contributed by atoms with Gasteiger partial charge in [0.2, 0.25) is 10.0 Å². The molecule has 0 spiro atoms. The van der Waals surface area contributed by atoms with Crippen molar-refractivity contribution in [2.75, 3.05) is 11.9 Å². The Balaban J connectivity index is 1.58. The molecule has 2 atom stereocenters. The van der Waals surface area contributed by atoms with Gasteiger partial charge < -0.3 is 5.32 Å². The zero-order valence-electron chi connectivity index (χ0n) is 12.4.